The molecule has 0 unspecified atom stereocenters. The number of rotatable bonds is 9. The average Bonchev–Trinajstić information content (AvgIpc) is 3.21. The molecule has 1 heterocycles. The zero-order valence-electron chi connectivity index (χ0n) is 15.9. The van der Waals surface area contributed by atoms with Crippen LogP contribution in [0.15, 0.2) is 54.7 Å². The Morgan fingerprint density at radius 3 is 2.83 bits per heavy atom. The minimum absolute atomic E-state index is 0.0218. The van der Waals surface area contributed by atoms with Crippen LogP contribution in [-0.2, 0) is 17.8 Å². The van der Waals surface area contributed by atoms with Gasteiger partial charge in [0.15, 0.2) is 0 Å². The van der Waals surface area contributed by atoms with Crippen LogP contribution in [0.3, 0.4) is 0 Å². The van der Waals surface area contributed by atoms with Crippen LogP contribution < -0.4 is 5.48 Å². The molecule has 2 aromatic carbocycles. The predicted octanol–water partition coefficient (Wildman–Crippen LogP) is 2.86. The summed E-state index contributed by atoms with van der Waals surface area (Å²) < 4.78 is 14.3. The number of carbonyl (C=O) groups is 1. The number of amides is 1. The highest BCUT2D eigenvalue weighted by atomic mass is 19.1. The third-order valence-electron chi connectivity index (χ3n) is 4.79. The number of aromatic nitrogens is 1. The van der Waals surface area contributed by atoms with Gasteiger partial charge in [0.05, 0.1) is 6.61 Å². The number of nitrogens with zero attached hydrogens (tertiary/aromatic N) is 1. The summed E-state index contributed by atoms with van der Waals surface area (Å²) in [5, 5.41) is 19.1. The lowest BCUT2D eigenvalue weighted by molar-refractivity contribution is -0.124. The molecule has 1 aromatic heterocycles. The number of benzene rings is 2. The molecule has 0 aliphatic heterocycles. The van der Waals surface area contributed by atoms with Crippen molar-refractivity contribution in [2.24, 2.45) is 0 Å². The van der Waals surface area contributed by atoms with E-state index in [1.807, 2.05) is 18.3 Å². The Balaban J connectivity index is 1.67. The van der Waals surface area contributed by atoms with E-state index in [0.717, 1.165) is 30.1 Å². The number of hydrogen-bond acceptors (Lipinski definition) is 4. The zero-order valence-corrected chi connectivity index (χ0v) is 15.9. The fourth-order valence-electron chi connectivity index (χ4n) is 3.32. The van der Waals surface area contributed by atoms with Gasteiger partial charge in [0.2, 0.25) is 0 Å². The van der Waals surface area contributed by atoms with Gasteiger partial charge < -0.3 is 10.1 Å². The average molecular weight is 397 g/mol. The molecule has 0 saturated carbocycles. The molecule has 0 aliphatic rings. The molecule has 6 nitrogen and oxygen atoms in total. The van der Waals surface area contributed by atoms with Crippen molar-refractivity contribution in [1.29, 1.82) is 0 Å². The first-order chi connectivity index (χ1) is 14.1. The lowest BCUT2D eigenvalue weighted by atomic mass is 10.1. The van der Waals surface area contributed by atoms with Crippen molar-refractivity contribution >= 4 is 22.9 Å². The van der Waals surface area contributed by atoms with E-state index in [4.69, 9.17) is 5.21 Å². The topological polar surface area (TPSA) is 88.6 Å². The predicted molar refractivity (Wildman–Crippen MR) is 110 cm³/mol. The Labute approximate surface area is 168 Å². The normalized spacial score (nSPS) is 11.6. The molecule has 0 fully saturated rings. The summed E-state index contributed by atoms with van der Waals surface area (Å²) in [4.78, 5) is 16.3. The summed E-state index contributed by atoms with van der Waals surface area (Å²) in [6.07, 6.45) is 5.09. The Morgan fingerprint density at radius 2 is 2.07 bits per heavy atom. The molecule has 3 aromatic rings. The maximum absolute atomic E-state index is 14.3. The lowest BCUT2D eigenvalue weighted by Gasteiger charge is -2.22. The van der Waals surface area contributed by atoms with Crippen molar-refractivity contribution in [3.63, 3.8) is 0 Å². The summed E-state index contributed by atoms with van der Waals surface area (Å²) in [7, 11) is 0. The number of hydroxylamine groups is 1. The van der Waals surface area contributed by atoms with E-state index >= 15 is 0 Å². The third kappa shape index (κ3) is 5.51. The fourth-order valence-corrected chi connectivity index (χ4v) is 3.32. The Morgan fingerprint density at radius 1 is 1.21 bits per heavy atom. The van der Waals surface area contributed by atoms with Gasteiger partial charge in [-0.3, -0.25) is 14.9 Å². The van der Waals surface area contributed by atoms with E-state index in [2.05, 4.69) is 22.0 Å². The number of H-pyrrole nitrogens is 1. The molecule has 0 bridgehead atoms. The second kappa shape index (κ2) is 9.97. The number of carbonyl (C=O) groups excluding carboxylic acids is 1. The maximum Gasteiger partial charge on any atom is 0.267 e. The van der Waals surface area contributed by atoms with Crippen LogP contribution >= 0.6 is 0 Å². The van der Waals surface area contributed by atoms with Crippen LogP contribution in [0.2, 0.25) is 0 Å². The number of aliphatic hydroxyl groups excluding tert-OH is 1. The highest BCUT2D eigenvalue weighted by Gasteiger charge is 2.10. The molecular formula is C22H24FN3O3. The number of aliphatic hydroxyl groups is 1. The van der Waals surface area contributed by atoms with Crippen LogP contribution in [0, 0.1) is 5.82 Å². The van der Waals surface area contributed by atoms with E-state index in [-0.39, 0.29) is 12.2 Å². The summed E-state index contributed by atoms with van der Waals surface area (Å²) in [5.41, 5.74) is 4.81. The summed E-state index contributed by atoms with van der Waals surface area (Å²) in [5.74, 6) is -1.18. The summed E-state index contributed by atoms with van der Waals surface area (Å²) in [6.45, 7) is 1.74. The Kier molecular flexibility index (Phi) is 7.13. The van der Waals surface area contributed by atoms with E-state index in [1.54, 1.807) is 12.1 Å². The molecule has 1 amide bonds. The second-order valence-corrected chi connectivity index (χ2v) is 6.77. The quantitative estimate of drug-likeness (QED) is 0.254. The zero-order chi connectivity index (χ0) is 20.6. The summed E-state index contributed by atoms with van der Waals surface area (Å²) in [6, 6.07) is 13.0. The van der Waals surface area contributed by atoms with Crippen molar-refractivity contribution in [3.05, 3.63) is 77.2 Å². The third-order valence-corrected chi connectivity index (χ3v) is 4.79. The van der Waals surface area contributed by atoms with Gasteiger partial charge in [0.1, 0.15) is 5.82 Å². The fraction of sp³-hybridized carbons (Fsp3) is 0.227. The highest BCUT2D eigenvalue weighted by molar-refractivity contribution is 5.90. The smallest absolute Gasteiger partial charge is 0.267 e. The van der Waals surface area contributed by atoms with Crippen molar-refractivity contribution in [1.82, 2.24) is 15.4 Å². The Hall–Kier alpha value is -3.00. The molecule has 7 heteroatoms. The van der Waals surface area contributed by atoms with Crippen molar-refractivity contribution < 1.29 is 19.5 Å². The molecule has 0 spiro atoms. The van der Waals surface area contributed by atoms with Gasteiger partial charge in [-0.1, -0.05) is 24.3 Å². The van der Waals surface area contributed by atoms with Gasteiger partial charge in [-0.15, -0.1) is 0 Å². The van der Waals surface area contributed by atoms with Crippen LogP contribution in [0.5, 0.6) is 0 Å². The van der Waals surface area contributed by atoms with Gasteiger partial charge in [-0.2, -0.15) is 0 Å². The standard InChI is InChI=1S/C22H24FN3O3/c23-20-14-16(4-5-18(20)6-7-22(28)25-29)15-26(12-13-27)11-9-17-2-1-3-21-19(17)8-10-24-21/h1-8,10,14,24,27,29H,9,11-13,15H2,(H,25,28)/b7-6+. The van der Waals surface area contributed by atoms with Crippen LogP contribution in [-0.4, -0.2) is 45.8 Å². The van der Waals surface area contributed by atoms with Gasteiger partial charge in [0.25, 0.3) is 5.91 Å². The minimum atomic E-state index is -0.722. The first kappa shape index (κ1) is 20.7. The number of nitrogens with one attached hydrogen (secondary N) is 2. The lowest BCUT2D eigenvalue weighted by Crippen LogP contribution is -2.28. The second-order valence-electron chi connectivity index (χ2n) is 6.77. The first-order valence-corrected chi connectivity index (χ1v) is 9.39. The van der Waals surface area contributed by atoms with Crippen molar-refractivity contribution in [2.45, 2.75) is 13.0 Å². The van der Waals surface area contributed by atoms with Crippen molar-refractivity contribution in [3.8, 4) is 0 Å². The van der Waals surface area contributed by atoms with Crippen molar-refractivity contribution in [2.75, 3.05) is 19.7 Å². The molecule has 0 radical (unpaired) electrons. The van der Waals surface area contributed by atoms with Crippen LogP contribution in [0.1, 0.15) is 16.7 Å². The van der Waals surface area contributed by atoms with Gasteiger partial charge >= 0.3 is 0 Å². The largest absolute Gasteiger partial charge is 0.395 e. The highest BCUT2D eigenvalue weighted by Crippen LogP contribution is 2.19. The molecule has 0 aliphatic carbocycles. The number of aromatic amines is 1. The van der Waals surface area contributed by atoms with Crippen LogP contribution in [0.25, 0.3) is 17.0 Å². The molecule has 4 N–H and O–H groups in total. The van der Waals surface area contributed by atoms with E-state index in [0.29, 0.717) is 13.1 Å². The van der Waals surface area contributed by atoms with Crippen LogP contribution in [0.4, 0.5) is 4.39 Å². The van der Waals surface area contributed by atoms with Gasteiger partial charge in [-0.05, 0) is 41.8 Å². The van der Waals surface area contributed by atoms with Gasteiger partial charge in [0, 0.05) is 48.4 Å². The molecule has 29 heavy (non-hydrogen) atoms. The molecule has 0 saturated heterocycles. The minimum Gasteiger partial charge on any atom is -0.395 e. The summed E-state index contributed by atoms with van der Waals surface area (Å²) >= 11 is 0. The first-order valence-electron chi connectivity index (χ1n) is 9.39. The SMILES string of the molecule is O=C(/C=C/c1ccc(CN(CCO)CCc2cccc3[nH]ccc23)cc1F)NO. The van der Waals surface area contributed by atoms with E-state index in [1.165, 1.54) is 28.6 Å². The molecule has 152 valence electrons. The van der Waals surface area contributed by atoms with E-state index in [9.17, 15) is 14.3 Å². The number of fused-ring (bicyclic) bond motifs is 1. The number of hydrogen-bond donors (Lipinski definition) is 4. The monoisotopic (exact) mass is 397 g/mol. The van der Waals surface area contributed by atoms with E-state index < -0.39 is 11.7 Å². The number of halogens is 1. The maximum atomic E-state index is 14.3. The molecular weight excluding hydrogens is 373 g/mol. The van der Waals surface area contributed by atoms with Gasteiger partial charge in [-0.25, -0.2) is 9.87 Å². The Bertz CT molecular complexity index is 1000. The molecule has 0 atom stereocenters. The molecule has 3 rings (SSSR count).